The van der Waals surface area contributed by atoms with E-state index in [1.807, 2.05) is 59.6 Å². The molecule has 6 heteroatoms. The molecule has 0 aliphatic heterocycles. The maximum absolute atomic E-state index is 12.7. The van der Waals surface area contributed by atoms with Crippen molar-refractivity contribution >= 4 is 11.7 Å². The van der Waals surface area contributed by atoms with Crippen molar-refractivity contribution in [1.82, 2.24) is 19.6 Å². The highest BCUT2D eigenvalue weighted by atomic mass is 16.1. The second kappa shape index (κ2) is 7.39. The molecular formula is C21H25N5O. The van der Waals surface area contributed by atoms with Crippen molar-refractivity contribution in [1.29, 1.82) is 0 Å². The number of aryl methyl sites for hydroxylation is 2. The van der Waals surface area contributed by atoms with Crippen LogP contribution in [0.4, 0.5) is 5.82 Å². The van der Waals surface area contributed by atoms with Gasteiger partial charge in [-0.05, 0) is 57.0 Å². The van der Waals surface area contributed by atoms with Gasteiger partial charge in [-0.15, -0.1) is 0 Å². The number of benzene rings is 1. The minimum absolute atomic E-state index is 0.118. The Hall–Kier alpha value is -2.89. The number of hydrogen-bond donors (Lipinski definition) is 1. The molecule has 1 aromatic carbocycles. The van der Waals surface area contributed by atoms with Crippen molar-refractivity contribution in [2.45, 2.75) is 52.0 Å². The Morgan fingerprint density at radius 2 is 1.81 bits per heavy atom. The van der Waals surface area contributed by atoms with Crippen LogP contribution in [0, 0.1) is 13.8 Å². The molecule has 2 heterocycles. The fourth-order valence-electron chi connectivity index (χ4n) is 3.86. The molecular weight excluding hydrogens is 338 g/mol. The van der Waals surface area contributed by atoms with Crippen LogP contribution in [0.3, 0.4) is 0 Å². The van der Waals surface area contributed by atoms with E-state index in [0.717, 1.165) is 35.7 Å². The third-order valence-corrected chi connectivity index (χ3v) is 5.22. The van der Waals surface area contributed by atoms with Crippen molar-refractivity contribution < 1.29 is 4.79 Å². The number of carbonyl (C=O) groups is 1. The van der Waals surface area contributed by atoms with Gasteiger partial charge in [0.05, 0.1) is 23.6 Å². The zero-order valence-corrected chi connectivity index (χ0v) is 15.9. The Morgan fingerprint density at radius 3 is 2.48 bits per heavy atom. The number of amides is 1. The van der Waals surface area contributed by atoms with Crippen LogP contribution in [0.5, 0.6) is 0 Å². The van der Waals surface area contributed by atoms with Crippen molar-refractivity contribution in [2.75, 3.05) is 5.32 Å². The summed E-state index contributed by atoms with van der Waals surface area (Å²) >= 11 is 0. The zero-order chi connectivity index (χ0) is 18.8. The van der Waals surface area contributed by atoms with Gasteiger partial charge in [-0.2, -0.15) is 10.2 Å². The molecule has 0 unspecified atom stereocenters. The first kappa shape index (κ1) is 17.5. The largest absolute Gasteiger partial charge is 0.307 e. The second-order valence-corrected chi connectivity index (χ2v) is 7.29. The lowest BCUT2D eigenvalue weighted by atomic mass is 9.96. The molecule has 1 saturated carbocycles. The minimum Gasteiger partial charge on any atom is -0.307 e. The maximum atomic E-state index is 12.7. The Kier molecular flexibility index (Phi) is 4.79. The van der Waals surface area contributed by atoms with Crippen molar-refractivity contribution in [3.8, 4) is 5.69 Å². The molecule has 2 aromatic heterocycles. The monoisotopic (exact) mass is 363 g/mol. The molecule has 3 aromatic rings. The molecule has 1 amide bonds. The second-order valence-electron chi connectivity index (χ2n) is 7.29. The maximum Gasteiger partial charge on any atom is 0.256 e. The van der Waals surface area contributed by atoms with Crippen LogP contribution >= 0.6 is 0 Å². The Balaban J connectivity index is 1.49. The van der Waals surface area contributed by atoms with Gasteiger partial charge in [-0.3, -0.25) is 4.79 Å². The number of aromatic nitrogens is 4. The van der Waals surface area contributed by atoms with Gasteiger partial charge in [0.15, 0.2) is 0 Å². The van der Waals surface area contributed by atoms with E-state index in [2.05, 4.69) is 15.5 Å². The predicted molar refractivity (Wildman–Crippen MR) is 105 cm³/mol. The lowest BCUT2D eigenvalue weighted by Gasteiger charge is -2.23. The van der Waals surface area contributed by atoms with Crippen LogP contribution < -0.4 is 5.32 Å². The van der Waals surface area contributed by atoms with Gasteiger partial charge in [0.25, 0.3) is 5.91 Å². The van der Waals surface area contributed by atoms with E-state index in [-0.39, 0.29) is 5.91 Å². The van der Waals surface area contributed by atoms with Crippen molar-refractivity contribution in [2.24, 2.45) is 0 Å². The zero-order valence-electron chi connectivity index (χ0n) is 15.9. The van der Waals surface area contributed by atoms with E-state index in [1.165, 1.54) is 19.3 Å². The number of nitrogens with one attached hydrogen (secondary N) is 1. The fraction of sp³-hybridized carbons (Fsp3) is 0.381. The normalized spacial score (nSPS) is 15.0. The number of carbonyl (C=O) groups excluding carboxylic acids is 1. The summed E-state index contributed by atoms with van der Waals surface area (Å²) in [6.45, 7) is 3.99. The lowest BCUT2D eigenvalue weighted by molar-refractivity contribution is 0.102. The average Bonchev–Trinajstić information content (AvgIpc) is 3.28. The third kappa shape index (κ3) is 3.65. The molecule has 140 valence electrons. The summed E-state index contributed by atoms with van der Waals surface area (Å²) < 4.78 is 3.86. The predicted octanol–water partition coefficient (Wildman–Crippen LogP) is 4.44. The summed E-state index contributed by atoms with van der Waals surface area (Å²) in [4.78, 5) is 12.7. The quantitative estimate of drug-likeness (QED) is 0.745. The van der Waals surface area contributed by atoms with Crippen molar-refractivity contribution in [3.05, 3.63) is 59.5 Å². The standard InChI is InChI=1S/C21H25N5O/c1-15-14-16(2)25(24-15)19-10-8-17(9-11-19)21(27)23-20-12-13-22-26(20)18-6-4-3-5-7-18/h8-14,18H,3-7H2,1-2H3,(H,23,27). The first-order valence-electron chi connectivity index (χ1n) is 9.60. The van der Waals surface area contributed by atoms with E-state index in [0.29, 0.717) is 11.6 Å². The van der Waals surface area contributed by atoms with Gasteiger partial charge in [0.2, 0.25) is 0 Å². The highest BCUT2D eigenvalue weighted by Gasteiger charge is 2.19. The number of rotatable bonds is 4. The van der Waals surface area contributed by atoms with Gasteiger partial charge in [-0.1, -0.05) is 19.3 Å². The van der Waals surface area contributed by atoms with Crippen LogP contribution in [0.25, 0.3) is 5.69 Å². The number of anilines is 1. The van der Waals surface area contributed by atoms with Gasteiger partial charge >= 0.3 is 0 Å². The summed E-state index contributed by atoms with van der Waals surface area (Å²) in [7, 11) is 0. The van der Waals surface area contributed by atoms with E-state index >= 15 is 0 Å². The first-order valence-corrected chi connectivity index (χ1v) is 9.60. The van der Waals surface area contributed by atoms with Crippen LogP contribution in [-0.4, -0.2) is 25.5 Å². The molecule has 4 rings (SSSR count). The fourth-order valence-corrected chi connectivity index (χ4v) is 3.86. The Labute approximate surface area is 159 Å². The smallest absolute Gasteiger partial charge is 0.256 e. The van der Waals surface area contributed by atoms with Crippen LogP contribution in [0.2, 0.25) is 0 Å². The van der Waals surface area contributed by atoms with Gasteiger partial charge in [0, 0.05) is 17.3 Å². The number of nitrogens with zero attached hydrogens (tertiary/aromatic N) is 4. The first-order chi connectivity index (χ1) is 13.1. The molecule has 6 nitrogen and oxygen atoms in total. The molecule has 1 aliphatic rings. The summed E-state index contributed by atoms with van der Waals surface area (Å²) in [6, 6.07) is 11.8. The van der Waals surface area contributed by atoms with Crippen molar-refractivity contribution in [3.63, 3.8) is 0 Å². The highest BCUT2D eigenvalue weighted by molar-refractivity contribution is 6.03. The van der Waals surface area contributed by atoms with E-state index in [9.17, 15) is 4.79 Å². The molecule has 0 saturated heterocycles. The van der Waals surface area contributed by atoms with Gasteiger partial charge in [-0.25, -0.2) is 9.36 Å². The third-order valence-electron chi connectivity index (χ3n) is 5.22. The average molecular weight is 363 g/mol. The molecule has 1 aliphatic carbocycles. The van der Waals surface area contributed by atoms with E-state index in [1.54, 1.807) is 6.20 Å². The van der Waals surface area contributed by atoms with Crippen LogP contribution in [0.1, 0.15) is 59.9 Å². The topological polar surface area (TPSA) is 64.7 Å². The summed E-state index contributed by atoms with van der Waals surface area (Å²) in [5, 5.41) is 11.9. The molecule has 1 fully saturated rings. The number of hydrogen-bond acceptors (Lipinski definition) is 3. The van der Waals surface area contributed by atoms with E-state index < -0.39 is 0 Å². The van der Waals surface area contributed by atoms with Crippen LogP contribution in [0.15, 0.2) is 42.6 Å². The van der Waals surface area contributed by atoms with E-state index in [4.69, 9.17) is 0 Å². The summed E-state index contributed by atoms with van der Waals surface area (Å²) in [6.07, 6.45) is 7.76. The van der Waals surface area contributed by atoms with Crippen LogP contribution in [-0.2, 0) is 0 Å². The lowest BCUT2D eigenvalue weighted by Crippen LogP contribution is -2.20. The molecule has 0 radical (unpaired) electrons. The summed E-state index contributed by atoms with van der Waals surface area (Å²) in [5.41, 5.74) is 3.62. The van der Waals surface area contributed by atoms with Gasteiger partial charge in [0.1, 0.15) is 5.82 Å². The minimum atomic E-state index is -0.118. The summed E-state index contributed by atoms with van der Waals surface area (Å²) in [5.74, 6) is 0.655. The Bertz CT molecular complexity index is 932. The molecule has 0 spiro atoms. The SMILES string of the molecule is Cc1cc(C)n(-c2ccc(C(=O)Nc3ccnn3C3CCCCC3)cc2)n1. The molecule has 27 heavy (non-hydrogen) atoms. The van der Waals surface area contributed by atoms with Gasteiger partial charge < -0.3 is 5.32 Å². The molecule has 1 N–H and O–H groups in total. The molecule has 0 bridgehead atoms. The molecule has 0 atom stereocenters. The highest BCUT2D eigenvalue weighted by Crippen LogP contribution is 2.30. The Morgan fingerprint density at radius 1 is 1.07 bits per heavy atom.